The Morgan fingerprint density at radius 3 is 2.86 bits per heavy atom. The fourth-order valence-corrected chi connectivity index (χ4v) is 5.40. The van der Waals surface area contributed by atoms with Crippen LogP contribution in [0.5, 0.6) is 0 Å². The van der Waals surface area contributed by atoms with Gasteiger partial charge in [0.15, 0.2) is 11.0 Å². The molecule has 148 valence electrons. The Hall–Kier alpha value is -2.70. The Morgan fingerprint density at radius 2 is 2.07 bits per heavy atom. The molecule has 3 heterocycles. The van der Waals surface area contributed by atoms with Crippen LogP contribution in [-0.2, 0) is 24.7 Å². The van der Waals surface area contributed by atoms with Crippen molar-refractivity contribution in [3.63, 3.8) is 0 Å². The fourth-order valence-electron chi connectivity index (χ4n) is 3.43. The number of aryl methyl sites for hydroxylation is 1. The van der Waals surface area contributed by atoms with E-state index in [1.54, 1.807) is 23.7 Å². The van der Waals surface area contributed by atoms with Gasteiger partial charge in [-0.15, -0.1) is 21.5 Å². The second-order valence-electron chi connectivity index (χ2n) is 6.82. The molecule has 3 aromatic heterocycles. The van der Waals surface area contributed by atoms with Crippen molar-refractivity contribution in [3.05, 3.63) is 40.5 Å². The van der Waals surface area contributed by atoms with Crippen LogP contribution in [0.1, 0.15) is 35.3 Å². The van der Waals surface area contributed by atoms with Gasteiger partial charge >= 0.3 is 0 Å². The van der Waals surface area contributed by atoms with Crippen molar-refractivity contribution in [3.8, 4) is 17.5 Å². The summed E-state index contributed by atoms with van der Waals surface area (Å²) in [7, 11) is 1.88. The smallest absolute Gasteiger partial charge is 0.235 e. The number of fused-ring (bicyclic) bond motifs is 1. The van der Waals surface area contributed by atoms with Gasteiger partial charge < -0.3 is 9.88 Å². The molecule has 0 atom stereocenters. The number of hydrogen-bond donors (Lipinski definition) is 1. The molecule has 0 aliphatic heterocycles. The SMILES string of the molecule is Cn1c(SCC(=O)Nc2sc3c(c2C#N)CCCCC3)nnc1-c1ccncc1. The molecule has 7 nitrogen and oxygen atoms in total. The van der Waals surface area contributed by atoms with Crippen LogP contribution in [-0.4, -0.2) is 31.4 Å². The molecule has 0 unspecified atom stereocenters. The fraction of sp³-hybridized carbons (Fsp3) is 0.350. The zero-order chi connectivity index (χ0) is 20.2. The van der Waals surface area contributed by atoms with Gasteiger partial charge in [-0.3, -0.25) is 9.78 Å². The predicted octanol–water partition coefficient (Wildman–Crippen LogP) is 3.81. The lowest BCUT2D eigenvalue weighted by molar-refractivity contribution is -0.113. The van der Waals surface area contributed by atoms with Crippen molar-refractivity contribution in [2.75, 3.05) is 11.1 Å². The topological polar surface area (TPSA) is 96.5 Å². The quantitative estimate of drug-likeness (QED) is 0.494. The van der Waals surface area contributed by atoms with E-state index in [1.807, 2.05) is 23.7 Å². The summed E-state index contributed by atoms with van der Waals surface area (Å²) in [4.78, 5) is 17.8. The van der Waals surface area contributed by atoms with Crippen molar-refractivity contribution in [2.24, 2.45) is 7.05 Å². The summed E-state index contributed by atoms with van der Waals surface area (Å²) in [6.07, 6.45) is 8.79. The number of pyridine rings is 1. The summed E-state index contributed by atoms with van der Waals surface area (Å²) in [6, 6.07) is 6.04. The number of thioether (sulfide) groups is 1. The monoisotopic (exact) mass is 424 g/mol. The number of nitriles is 1. The molecule has 0 radical (unpaired) electrons. The molecule has 0 aromatic carbocycles. The van der Waals surface area contributed by atoms with Gasteiger partial charge in [0.05, 0.1) is 11.3 Å². The molecular weight excluding hydrogens is 404 g/mol. The maximum absolute atomic E-state index is 12.5. The molecule has 1 aliphatic rings. The van der Waals surface area contributed by atoms with E-state index in [4.69, 9.17) is 0 Å². The number of nitrogens with zero attached hydrogens (tertiary/aromatic N) is 5. The van der Waals surface area contributed by atoms with Gasteiger partial charge in [-0.05, 0) is 43.4 Å². The zero-order valence-corrected chi connectivity index (χ0v) is 17.6. The predicted molar refractivity (Wildman–Crippen MR) is 114 cm³/mol. The lowest BCUT2D eigenvalue weighted by atomic mass is 10.1. The Morgan fingerprint density at radius 1 is 1.28 bits per heavy atom. The maximum Gasteiger partial charge on any atom is 0.235 e. The third-order valence-corrected chi connectivity index (χ3v) is 7.12. The Bertz CT molecular complexity index is 1070. The average molecular weight is 425 g/mol. The Kier molecular flexibility index (Phi) is 5.92. The minimum atomic E-state index is -0.142. The van der Waals surface area contributed by atoms with Gasteiger partial charge in [0, 0.05) is 29.9 Å². The van der Waals surface area contributed by atoms with Crippen LogP contribution in [0.4, 0.5) is 5.00 Å². The third kappa shape index (κ3) is 4.18. The average Bonchev–Trinajstić information content (AvgIpc) is 3.17. The highest BCUT2D eigenvalue weighted by atomic mass is 32.2. The first-order valence-corrected chi connectivity index (χ1v) is 11.2. The molecule has 0 saturated carbocycles. The number of carbonyl (C=O) groups excluding carboxylic acids is 1. The molecule has 3 aromatic rings. The lowest BCUT2D eigenvalue weighted by Gasteiger charge is -2.05. The summed E-state index contributed by atoms with van der Waals surface area (Å²) in [6.45, 7) is 0. The molecule has 0 saturated heterocycles. The summed E-state index contributed by atoms with van der Waals surface area (Å²) in [5, 5.41) is 22.3. The number of rotatable bonds is 5. The standard InChI is InChI=1S/C20H20N6OS2/c1-26-18(13-7-9-22-10-8-13)24-25-20(26)28-12-17(27)23-19-15(11-21)14-5-3-2-4-6-16(14)29-19/h7-10H,2-6,12H2,1H3,(H,23,27). The third-order valence-electron chi connectivity index (χ3n) is 4.89. The first-order chi connectivity index (χ1) is 14.2. The van der Waals surface area contributed by atoms with Gasteiger partial charge in [0.2, 0.25) is 5.91 Å². The number of aromatic nitrogens is 4. The van der Waals surface area contributed by atoms with Crippen LogP contribution in [0.2, 0.25) is 0 Å². The van der Waals surface area contributed by atoms with Crippen LogP contribution >= 0.6 is 23.1 Å². The molecule has 29 heavy (non-hydrogen) atoms. The van der Waals surface area contributed by atoms with E-state index in [-0.39, 0.29) is 11.7 Å². The second-order valence-corrected chi connectivity index (χ2v) is 8.87. The Balaban J connectivity index is 1.43. The molecule has 0 spiro atoms. The highest BCUT2D eigenvalue weighted by Crippen LogP contribution is 2.37. The van der Waals surface area contributed by atoms with Gasteiger partial charge in [-0.1, -0.05) is 18.2 Å². The highest BCUT2D eigenvalue weighted by Gasteiger charge is 2.21. The molecule has 1 N–H and O–H groups in total. The van der Waals surface area contributed by atoms with Crippen molar-refractivity contribution in [2.45, 2.75) is 37.3 Å². The molecule has 4 rings (SSSR count). The summed E-state index contributed by atoms with van der Waals surface area (Å²) < 4.78 is 1.86. The molecule has 9 heteroatoms. The summed E-state index contributed by atoms with van der Waals surface area (Å²) in [5.41, 5.74) is 2.70. The van der Waals surface area contributed by atoms with Crippen molar-refractivity contribution in [1.82, 2.24) is 19.7 Å². The first kappa shape index (κ1) is 19.6. The van der Waals surface area contributed by atoms with E-state index >= 15 is 0 Å². The number of hydrogen-bond acceptors (Lipinski definition) is 7. The number of anilines is 1. The molecular formula is C20H20N6OS2. The minimum absolute atomic E-state index is 0.142. The van der Waals surface area contributed by atoms with Crippen LogP contribution < -0.4 is 5.32 Å². The number of carbonyl (C=O) groups is 1. The number of amides is 1. The van der Waals surface area contributed by atoms with Crippen LogP contribution in [0.25, 0.3) is 11.4 Å². The van der Waals surface area contributed by atoms with Gasteiger partial charge in [-0.25, -0.2) is 0 Å². The minimum Gasteiger partial charge on any atom is -0.316 e. The second kappa shape index (κ2) is 8.76. The number of nitrogens with one attached hydrogen (secondary N) is 1. The van der Waals surface area contributed by atoms with Crippen LogP contribution in [0, 0.1) is 11.3 Å². The van der Waals surface area contributed by atoms with E-state index in [2.05, 4.69) is 26.6 Å². The Labute approximate surface area is 177 Å². The van der Waals surface area contributed by atoms with E-state index in [1.165, 1.54) is 23.1 Å². The van der Waals surface area contributed by atoms with Gasteiger partial charge in [0.1, 0.15) is 11.1 Å². The van der Waals surface area contributed by atoms with Crippen molar-refractivity contribution < 1.29 is 4.79 Å². The normalized spacial score (nSPS) is 13.4. The van der Waals surface area contributed by atoms with E-state index in [9.17, 15) is 10.1 Å². The van der Waals surface area contributed by atoms with Crippen LogP contribution in [0.15, 0.2) is 29.7 Å². The highest BCUT2D eigenvalue weighted by molar-refractivity contribution is 7.99. The van der Waals surface area contributed by atoms with Gasteiger partial charge in [0.25, 0.3) is 0 Å². The molecule has 0 fully saturated rings. The first-order valence-electron chi connectivity index (χ1n) is 9.44. The summed E-state index contributed by atoms with van der Waals surface area (Å²) in [5.74, 6) is 0.788. The maximum atomic E-state index is 12.5. The molecule has 0 bridgehead atoms. The molecule has 1 amide bonds. The summed E-state index contributed by atoms with van der Waals surface area (Å²) >= 11 is 2.88. The van der Waals surface area contributed by atoms with Crippen LogP contribution in [0.3, 0.4) is 0 Å². The van der Waals surface area contributed by atoms with Crippen molar-refractivity contribution in [1.29, 1.82) is 5.26 Å². The van der Waals surface area contributed by atoms with Crippen molar-refractivity contribution >= 4 is 34.0 Å². The van der Waals surface area contributed by atoms with E-state index in [0.29, 0.717) is 15.7 Å². The molecule has 1 aliphatic carbocycles. The lowest BCUT2D eigenvalue weighted by Crippen LogP contribution is -2.14. The van der Waals surface area contributed by atoms with E-state index in [0.717, 1.165) is 42.6 Å². The number of thiophene rings is 1. The van der Waals surface area contributed by atoms with Gasteiger partial charge in [-0.2, -0.15) is 5.26 Å². The zero-order valence-electron chi connectivity index (χ0n) is 16.0. The largest absolute Gasteiger partial charge is 0.316 e. The van der Waals surface area contributed by atoms with E-state index < -0.39 is 0 Å².